The number of hydrogen-bond acceptors (Lipinski definition) is 6. The number of anilines is 2. The van der Waals surface area contributed by atoms with Gasteiger partial charge in [0.2, 0.25) is 5.91 Å². The lowest BCUT2D eigenvalue weighted by Gasteiger charge is -2.31. The lowest BCUT2D eigenvalue weighted by molar-refractivity contribution is -0.133. The molecule has 2 aliphatic rings. The molecule has 3 heterocycles. The van der Waals surface area contributed by atoms with E-state index >= 15 is 0 Å². The molecule has 0 radical (unpaired) electrons. The van der Waals surface area contributed by atoms with Crippen molar-refractivity contribution in [3.63, 3.8) is 0 Å². The van der Waals surface area contributed by atoms with Crippen LogP contribution in [-0.4, -0.2) is 32.3 Å². The van der Waals surface area contributed by atoms with Crippen LogP contribution in [0.3, 0.4) is 0 Å². The second kappa shape index (κ2) is 7.70. The molecule has 2 aromatic rings. The normalized spacial score (nSPS) is 17.8. The van der Waals surface area contributed by atoms with E-state index in [-0.39, 0.29) is 5.91 Å². The van der Waals surface area contributed by atoms with E-state index in [0.29, 0.717) is 18.9 Å². The van der Waals surface area contributed by atoms with Crippen LogP contribution < -0.4 is 5.32 Å². The number of aromatic nitrogens is 3. The van der Waals surface area contributed by atoms with E-state index < -0.39 is 0 Å². The topological polar surface area (TPSA) is 71.0 Å². The summed E-state index contributed by atoms with van der Waals surface area (Å²) in [6, 6.07) is 0. The van der Waals surface area contributed by atoms with E-state index in [9.17, 15) is 4.79 Å². The van der Waals surface area contributed by atoms with Crippen molar-refractivity contribution in [1.82, 2.24) is 19.9 Å². The Bertz CT molecular complexity index is 770. The van der Waals surface area contributed by atoms with Crippen molar-refractivity contribution in [2.24, 2.45) is 5.92 Å². The highest BCUT2D eigenvalue weighted by Crippen LogP contribution is 2.30. The monoisotopic (exact) mass is 371 g/mol. The van der Waals surface area contributed by atoms with E-state index in [4.69, 9.17) is 0 Å². The van der Waals surface area contributed by atoms with Gasteiger partial charge in [-0.3, -0.25) is 4.79 Å². The van der Waals surface area contributed by atoms with Crippen LogP contribution in [0.25, 0.3) is 0 Å². The van der Waals surface area contributed by atoms with Gasteiger partial charge in [-0.25, -0.2) is 15.0 Å². The second-order valence-electron chi connectivity index (χ2n) is 7.28. The number of nitrogens with zero attached hydrogens (tertiary/aromatic N) is 4. The number of amides is 1. The molecule has 4 rings (SSSR count). The van der Waals surface area contributed by atoms with Gasteiger partial charge in [-0.1, -0.05) is 19.3 Å². The van der Waals surface area contributed by atoms with Gasteiger partial charge in [-0.05, 0) is 25.7 Å². The van der Waals surface area contributed by atoms with Crippen molar-refractivity contribution in [3.05, 3.63) is 28.7 Å². The Labute approximate surface area is 158 Å². The molecule has 0 aromatic carbocycles. The molecule has 1 aliphatic carbocycles. The first-order valence-electron chi connectivity index (χ1n) is 9.49. The zero-order valence-electron chi connectivity index (χ0n) is 15.2. The molecule has 0 unspecified atom stereocenters. The van der Waals surface area contributed by atoms with E-state index in [1.807, 2.05) is 17.2 Å². The summed E-state index contributed by atoms with van der Waals surface area (Å²) < 4.78 is 0. The van der Waals surface area contributed by atoms with Crippen LogP contribution in [0, 0.1) is 12.8 Å². The maximum absolute atomic E-state index is 12.8. The van der Waals surface area contributed by atoms with Crippen molar-refractivity contribution in [2.75, 3.05) is 11.9 Å². The number of fused-ring (bicyclic) bond motifs is 1. The first-order chi connectivity index (χ1) is 12.7. The Morgan fingerprint density at radius 2 is 2.15 bits per heavy atom. The number of hydrogen-bond donors (Lipinski definition) is 1. The van der Waals surface area contributed by atoms with Crippen molar-refractivity contribution in [1.29, 1.82) is 0 Å². The third kappa shape index (κ3) is 3.87. The molecule has 1 saturated carbocycles. The SMILES string of the molecule is Cc1nc2c(c(Nc3nccs3)n1)CN(C(=O)CC1CCCCC1)CC2. The maximum Gasteiger partial charge on any atom is 0.223 e. The fraction of sp³-hybridized carbons (Fsp3) is 0.579. The van der Waals surface area contributed by atoms with Crippen molar-refractivity contribution < 1.29 is 4.79 Å². The van der Waals surface area contributed by atoms with Gasteiger partial charge in [0.15, 0.2) is 5.13 Å². The van der Waals surface area contributed by atoms with Crippen molar-refractivity contribution in [3.8, 4) is 0 Å². The third-order valence-electron chi connectivity index (χ3n) is 5.37. The Morgan fingerprint density at radius 1 is 1.31 bits per heavy atom. The van der Waals surface area contributed by atoms with E-state index in [0.717, 1.165) is 41.0 Å². The quantitative estimate of drug-likeness (QED) is 0.884. The molecular formula is C19H25N5OS. The lowest BCUT2D eigenvalue weighted by Crippen LogP contribution is -2.38. The summed E-state index contributed by atoms with van der Waals surface area (Å²) in [5, 5.41) is 6.06. The van der Waals surface area contributed by atoms with Gasteiger partial charge in [-0.2, -0.15) is 0 Å². The molecule has 1 N–H and O–H groups in total. The number of carbonyl (C=O) groups excluding carboxylic acids is 1. The molecule has 0 saturated heterocycles. The number of carbonyl (C=O) groups is 1. The molecule has 1 fully saturated rings. The first kappa shape index (κ1) is 17.4. The van der Waals surface area contributed by atoms with Crippen LogP contribution in [0.5, 0.6) is 0 Å². The van der Waals surface area contributed by atoms with Crippen LogP contribution in [-0.2, 0) is 17.8 Å². The molecule has 0 bridgehead atoms. The van der Waals surface area contributed by atoms with Crippen LogP contribution in [0.2, 0.25) is 0 Å². The van der Waals surface area contributed by atoms with Gasteiger partial charge >= 0.3 is 0 Å². The minimum Gasteiger partial charge on any atom is -0.338 e. The predicted octanol–water partition coefficient (Wildman–Crippen LogP) is 3.84. The first-order valence-corrected chi connectivity index (χ1v) is 10.4. The lowest BCUT2D eigenvalue weighted by atomic mass is 9.86. The summed E-state index contributed by atoms with van der Waals surface area (Å²) >= 11 is 1.54. The van der Waals surface area contributed by atoms with E-state index in [1.54, 1.807) is 17.5 Å². The Hall–Kier alpha value is -2.02. The Balaban J connectivity index is 1.50. The third-order valence-corrected chi connectivity index (χ3v) is 6.06. The van der Waals surface area contributed by atoms with Crippen LogP contribution >= 0.6 is 11.3 Å². The highest BCUT2D eigenvalue weighted by atomic mass is 32.1. The average Bonchev–Trinajstić information content (AvgIpc) is 3.15. The molecule has 26 heavy (non-hydrogen) atoms. The van der Waals surface area contributed by atoms with Gasteiger partial charge < -0.3 is 10.2 Å². The molecule has 1 amide bonds. The van der Waals surface area contributed by atoms with Gasteiger partial charge in [0, 0.05) is 36.5 Å². The number of nitrogens with one attached hydrogen (secondary N) is 1. The molecule has 6 nitrogen and oxygen atoms in total. The van der Waals surface area contributed by atoms with Crippen LogP contribution in [0.15, 0.2) is 11.6 Å². The highest BCUT2D eigenvalue weighted by Gasteiger charge is 2.27. The minimum absolute atomic E-state index is 0.281. The van der Waals surface area contributed by atoms with Crippen molar-refractivity contribution in [2.45, 2.75) is 58.4 Å². The number of thiazole rings is 1. The summed E-state index contributed by atoms with van der Waals surface area (Å²) in [7, 11) is 0. The molecule has 138 valence electrons. The fourth-order valence-electron chi connectivity index (χ4n) is 4.01. The fourth-order valence-corrected chi connectivity index (χ4v) is 4.54. The number of aryl methyl sites for hydroxylation is 1. The highest BCUT2D eigenvalue weighted by molar-refractivity contribution is 7.13. The molecular weight excluding hydrogens is 346 g/mol. The van der Waals surface area contributed by atoms with Crippen molar-refractivity contribution >= 4 is 28.2 Å². The van der Waals surface area contributed by atoms with Gasteiger partial charge in [0.25, 0.3) is 0 Å². The Kier molecular flexibility index (Phi) is 5.15. The molecule has 2 aromatic heterocycles. The van der Waals surface area contributed by atoms with Gasteiger partial charge in [-0.15, -0.1) is 11.3 Å². The summed E-state index contributed by atoms with van der Waals surface area (Å²) in [6.07, 6.45) is 9.53. The summed E-state index contributed by atoms with van der Waals surface area (Å²) in [5.41, 5.74) is 2.09. The van der Waals surface area contributed by atoms with Gasteiger partial charge in [0.05, 0.1) is 12.2 Å². The van der Waals surface area contributed by atoms with E-state index in [1.165, 1.54) is 32.1 Å². The molecule has 7 heteroatoms. The average molecular weight is 372 g/mol. The summed E-state index contributed by atoms with van der Waals surface area (Å²) in [5.74, 6) is 2.39. The van der Waals surface area contributed by atoms with Gasteiger partial charge in [0.1, 0.15) is 11.6 Å². The second-order valence-corrected chi connectivity index (χ2v) is 8.17. The zero-order chi connectivity index (χ0) is 17.9. The molecule has 0 atom stereocenters. The minimum atomic E-state index is 0.281. The predicted molar refractivity (Wildman–Crippen MR) is 102 cm³/mol. The summed E-state index contributed by atoms with van der Waals surface area (Å²) in [6.45, 7) is 3.26. The van der Waals surface area contributed by atoms with Crippen LogP contribution in [0.1, 0.15) is 55.6 Å². The summed E-state index contributed by atoms with van der Waals surface area (Å²) in [4.78, 5) is 28.3. The maximum atomic E-state index is 12.8. The number of rotatable bonds is 4. The standard InChI is InChI=1S/C19H25N5OS/c1-13-21-16-7-9-24(17(25)11-14-5-3-2-4-6-14)12-15(16)18(22-13)23-19-20-8-10-26-19/h8,10,14H,2-7,9,11-12H2,1H3,(H,20,21,22,23). The van der Waals surface area contributed by atoms with Crippen LogP contribution in [0.4, 0.5) is 10.9 Å². The smallest absolute Gasteiger partial charge is 0.223 e. The zero-order valence-corrected chi connectivity index (χ0v) is 16.0. The molecule has 0 spiro atoms. The Morgan fingerprint density at radius 3 is 2.92 bits per heavy atom. The van der Waals surface area contributed by atoms with E-state index in [2.05, 4.69) is 20.3 Å². The largest absolute Gasteiger partial charge is 0.338 e. The molecule has 1 aliphatic heterocycles.